The number of ether oxygens (including phenoxy) is 1. The van der Waals surface area contributed by atoms with Crippen LogP contribution in [0.5, 0.6) is 5.75 Å². The predicted octanol–water partition coefficient (Wildman–Crippen LogP) is 3.93. The number of hydrogen-bond acceptors (Lipinski definition) is 3. The van der Waals surface area contributed by atoms with E-state index in [1.807, 2.05) is 0 Å². The zero-order chi connectivity index (χ0) is 16.3. The monoisotopic (exact) mass is 331 g/mol. The van der Waals surface area contributed by atoms with Crippen molar-refractivity contribution in [2.75, 3.05) is 0 Å². The van der Waals surface area contributed by atoms with Gasteiger partial charge in [0, 0.05) is 5.56 Å². The van der Waals surface area contributed by atoms with Gasteiger partial charge in [0.15, 0.2) is 0 Å². The molecule has 0 aliphatic heterocycles. The third kappa shape index (κ3) is 4.36. The van der Waals surface area contributed by atoms with E-state index in [0.29, 0.717) is 5.56 Å². The van der Waals surface area contributed by atoms with Crippen molar-refractivity contribution in [1.82, 2.24) is 4.98 Å². The fourth-order valence-corrected chi connectivity index (χ4v) is 2.09. The van der Waals surface area contributed by atoms with E-state index in [1.165, 1.54) is 30.3 Å². The molecule has 0 aliphatic rings. The van der Waals surface area contributed by atoms with E-state index in [-0.39, 0.29) is 22.8 Å². The summed E-state index contributed by atoms with van der Waals surface area (Å²) < 4.78 is 41.2. The van der Waals surface area contributed by atoms with Crippen LogP contribution in [-0.4, -0.2) is 22.4 Å². The van der Waals surface area contributed by atoms with Crippen molar-refractivity contribution in [3.8, 4) is 17.0 Å². The van der Waals surface area contributed by atoms with Crippen LogP contribution in [0.15, 0.2) is 36.4 Å². The molecule has 2 rings (SSSR count). The third-order valence-electron chi connectivity index (χ3n) is 2.60. The Hall–Kier alpha value is -2.28. The third-order valence-corrected chi connectivity index (χ3v) is 2.79. The summed E-state index contributed by atoms with van der Waals surface area (Å²) in [4.78, 5) is 14.7. The Kier molecular flexibility index (Phi) is 4.56. The molecule has 4 nitrogen and oxygen atoms in total. The molecule has 1 aromatic heterocycles. The lowest BCUT2D eigenvalue weighted by Gasteiger charge is -2.13. The summed E-state index contributed by atoms with van der Waals surface area (Å²) in [5.74, 6) is -1.53. The van der Waals surface area contributed by atoms with E-state index in [9.17, 15) is 18.0 Å². The van der Waals surface area contributed by atoms with Gasteiger partial charge in [0.1, 0.15) is 10.9 Å². The second-order valence-electron chi connectivity index (χ2n) is 4.30. The van der Waals surface area contributed by atoms with Gasteiger partial charge in [-0.1, -0.05) is 23.7 Å². The number of carboxylic acids is 1. The minimum atomic E-state index is -4.85. The number of para-hydroxylation sites is 1. The highest BCUT2D eigenvalue weighted by Crippen LogP contribution is 2.33. The average Bonchev–Trinajstić information content (AvgIpc) is 2.35. The van der Waals surface area contributed by atoms with Crippen molar-refractivity contribution in [1.29, 1.82) is 0 Å². The Balaban J connectivity index is 2.48. The fraction of sp³-hybridized carbons (Fsp3) is 0.143. The lowest BCUT2D eigenvalue weighted by atomic mass is 10.1. The van der Waals surface area contributed by atoms with Crippen LogP contribution in [0.4, 0.5) is 13.2 Å². The SMILES string of the molecule is O=C(O)Cc1cc(Cl)nc(-c2ccccc2OC(F)(F)F)c1. The number of benzene rings is 1. The summed E-state index contributed by atoms with van der Waals surface area (Å²) in [6.45, 7) is 0. The summed E-state index contributed by atoms with van der Waals surface area (Å²) in [6.07, 6.45) is -5.17. The highest BCUT2D eigenvalue weighted by atomic mass is 35.5. The molecule has 116 valence electrons. The van der Waals surface area contributed by atoms with Gasteiger partial charge in [-0.25, -0.2) is 4.98 Å². The number of aromatic nitrogens is 1. The molecule has 2 aromatic rings. The first-order chi connectivity index (χ1) is 10.2. The first-order valence-corrected chi connectivity index (χ1v) is 6.36. The molecule has 0 fully saturated rings. The normalized spacial score (nSPS) is 11.3. The second-order valence-corrected chi connectivity index (χ2v) is 4.69. The van der Waals surface area contributed by atoms with Crippen LogP contribution in [0.1, 0.15) is 5.56 Å². The highest BCUT2D eigenvalue weighted by molar-refractivity contribution is 6.29. The van der Waals surface area contributed by atoms with Crippen molar-refractivity contribution in [3.05, 3.63) is 47.1 Å². The van der Waals surface area contributed by atoms with Crippen LogP contribution in [0.3, 0.4) is 0 Å². The molecule has 0 saturated heterocycles. The number of nitrogens with zero attached hydrogens (tertiary/aromatic N) is 1. The van der Waals surface area contributed by atoms with Crippen molar-refractivity contribution < 1.29 is 27.8 Å². The van der Waals surface area contributed by atoms with Gasteiger partial charge in [0.05, 0.1) is 12.1 Å². The van der Waals surface area contributed by atoms with Gasteiger partial charge in [0.25, 0.3) is 0 Å². The molecular weight excluding hydrogens is 323 g/mol. The molecule has 8 heteroatoms. The summed E-state index contributed by atoms with van der Waals surface area (Å²) in [5, 5.41) is 8.77. The predicted molar refractivity (Wildman–Crippen MR) is 72.7 cm³/mol. The van der Waals surface area contributed by atoms with Crippen LogP contribution in [0.25, 0.3) is 11.3 Å². The van der Waals surface area contributed by atoms with Gasteiger partial charge in [-0.05, 0) is 29.8 Å². The Morgan fingerprint density at radius 1 is 1.27 bits per heavy atom. The second kappa shape index (κ2) is 6.23. The lowest BCUT2D eigenvalue weighted by molar-refractivity contribution is -0.274. The molecule has 0 aliphatic carbocycles. The van der Waals surface area contributed by atoms with Crippen molar-refractivity contribution in [3.63, 3.8) is 0 Å². The summed E-state index contributed by atoms with van der Waals surface area (Å²) >= 11 is 5.80. The Morgan fingerprint density at radius 3 is 2.59 bits per heavy atom. The van der Waals surface area contributed by atoms with Gasteiger partial charge in [-0.2, -0.15) is 0 Å². The zero-order valence-electron chi connectivity index (χ0n) is 10.9. The lowest BCUT2D eigenvalue weighted by Crippen LogP contribution is -2.17. The number of alkyl halides is 3. The van der Waals surface area contributed by atoms with E-state index in [2.05, 4.69) is 9.72 Å². The standard InChI is InChI=1S/C14H9ClF3NO3/c15-12-6-8(7-13(20)21)5-10(19-12)9-3-1-2-4-11(9)22-14(16,17)18/h1-6H,7H2,(H,20,21). The number of pyridine rings is 1. The summed E-state index contributed by atoms with van der Waals surface area (Å²) in [5.41, 5.74) is 0.488. The minimum absolute atomic E-state index is 0.0180. The number of aliphatic carboxylic acids is 1. The maximum atomic E-state index is 12.4. The first-order valence-electron chi connectivity index (χ1n) is 5.98. The summed E-state index contributed by atoms with van der Waals surface area (Å²) in [6, 6.07) is 8.11. The average molecular weight is 332 g/mol. The van der Waals surface area contributed by atoms with Gasteiger partial charge in [-0.15, -0.1) is 13.2 Å². The summed E-state index contributed by atoms with van der Waals surface area (Å²) in [7, 11) is 0. The maximum absolute atomic E-state index is 12.4. The van der Waals surface area contributed by atoms with Crippen LogP contribution in [0.2, 0.25) is 5.15 Å². The molecule has 22 heavy (non-hydrogen) atoms. The number of carbonyl (C=O) groups is 1. The van der Waals surface area contributed by atoms with Gasteiger partial charge >= 0.3 is 12.3 Å². The quantitative estimate of drug-likeness (QED) is 0.862. The minimum Gasteiger partial charge on any atom is -0.481 e. The van der Waals surface area contributed by atoms with Crippen LogP contribution < -0.4 is 4.74 Å². The molecule has 0 radical (unpaired) electrons. The molecule has 1 N–H and O–H groups in total. The first kappa shape index (κ1) is 16.1. The van der Waals surface area contributed by atoms with Crippen LogP contribution in [0, 0.1) is 0 Å². The highest BCUT2D eigenvalue weighted by Gasteiger charge is 2.32. The Bertz CT molecular complexity index is 704. The van der Waals surface area contributed by atoms with E-state index in [0.717, 1.165) is 6.07 Å². The molecule has 0 spiro atoms. The molecular formula is C14H9ClF3NO3. The topological polar surface area (TPSA) is 59.4 Å². The molecule has 0 bridgehead atoms. The van der Waals surface area contributed by atoms with Gasteiger partial charge < -0.3 is 9.84 Å². The Labute approximate surface area is 128 Å². The number of halogens is 4. The Morgan fingerprint density at radius 2 is 1.95 bits per heavy atom. The van der Waals surface area contributed by atoms with E-state index < -0.39 is 18.1 Å². The van der Waals surface area contributed by atoms with E-state index >= 15 is 0 Å². The maximum Gasteiger partial charge on any atom is 0.573 e. The van der Waals surface area contributed by atoms with Gasteiger partial charge in [-0.3, -0.25) is 4.79 Å². The number of rotatable bonds is 4. The molecule has 0 saturated carbocycles. The van der Waals surface area contributed by atoms with Crippen molar-refractivity contribution in [2.24, 2.45) is 0 Å². The molecule has 0 atom stereocenters. The van der Waals surface area contributed by atoms with Crippen molar-refractivity contribution >= 4 is 17.6 Å². The number of carboxylic acid groups (broad SMARTS) is 1. The molecule has 0 unspecified atom stereocenters. The molecule has 1 heterocycles. The molecule has 0 amide bonds. The van der Waals surface area contributed by atoms with Crippen molar-refractivity contribution in [2.45, 2.75) is 12.8 Å². The zero-order valence-corrected chi connectivity index (χ0v) is 11.6. The largest absolute Gasteiger partial charge is 0.573 e. The van der Waals surface area contributed by atoms with Crippen LogP contribution >= 0.6 is 11.6 Å². The van der Waals surface area contributed by atoms with E-state index in [4.69, 9.17) is 16.7 Å². The van der Waals surface area contributed by atoms with Gasteiger partial charge in [0.2, 0.25) is 0 Å². The fourth-order valence-electron chi connectivity index (χ4n) is 1.86. The molecule has 1 aromatic carbocycles. The smallest absolute Gasteiger partial charge is 0.481 e. The van der Waals surface area contributed by atoms with E-state index in [1.54, 1.807) is 0 Å². The van der Waals surface area contributed by atoms with Crippen LogP contribution in [-0.2, 0) is 11.2 Å². The number of hydrogen-bond donors (Lipinski definition) is 1.